The fourth-order valence-electron chi connectivity index (χ4n) is 3.97. The van der Waals surface area contributed by atoms with Crippen molar-refractivity contribution in [1.29, 1.82) is 0 Å². The lowest BCUT2D eigenvalue weighted by molar-refractivity contribution is -0.118. The van der Waals surface area contributed by atoms with E-state index in [1.807, 2.05) is 37.3 Å². The molecule has 6 nitrogen and oxygen atoms in total. The number of nitrogens with zero attached hydrogens (tertiary/aromatic N) is 1. The fraction of sp³-hybridized carbons (Fsp3) is 0.154. The normalized spacial score (nSPS) is 16.0. The van der Waals surface area contributed by atoms with E-state index in [-0.39, 0.29) is 35.0 Å². The highest BCUT2D eigenvalue weighted by Gasteiger charge is 2.44. The summed E-state index contributed by atoms with van der Waals surface area (Å²) in [4.78, 5) is 27.6. The van der Waals surface area contributed by atoms with Crippen LogP contribution in [-0.2, 0) is 16.0 Å². The molecule has 6 heteroatoms. The number of benzene rings is 3. The molecule has 1 aliphatic rings. The van der Waals surface area contributed by atoms with Crippen LogP contribution in [-0.4, -0.2) is 27.0 Å². The zero-order valence-corrected chi connectivity index (χ0v) is 17.5. The number of ketones is 1. The Kier molecular flexibility index (Phi) is 5.69. The first-order valence-corrected chi connectivity index (χ1v) is 10.3. The van der Waals surface area contributed by atoms with Gasteiger partial charge < -0.3 is 15.3 Å². The summed E-state index contributed by atoms with van der Waals surface area (Å²) in [5.74, 6) is -1.84. The van der Waals surface area contributed by atoms with E-state index in [2.05, 4.69) is 0 Å². The molecule has 0 bridgehead atoms. The molecule has 0 radical (unpaired) electrons. The third kappa shape index (κ3) is 3.95. The molecule has 0 fully saturated rings. The highest BCUT2D eigenvalue weighted by atomic mass is 16.3. The fourth-order valence-corrected chi connectivity index (χ4v) is 3.97. The molecule has 3 aromatic rings. The van der Waals surface area contributed by atoms with E-state index in [4.69, 9.17) is 0 Å². The lowest BCUT2D eigenvalue weighted by Crippen LogP contribution is -2.31. The van der Waals surface area contributed by atoms with Gasteiger partial charge in [0.2, 0.25) is 0 Å². The van der Waals surface area contributed by atoms with E-state index in [9.17, 15) is 24.9 Å². The highest BCUT2D eigenvalue weighted by Crippen LogP contribution is 2.44. The van der Waals surface area contributed by atoms with Gasteiger partial charge in [-0.1, -0.05) is 48.5 Å². The molecule has 32 heavy (non-hydrogen) atoms. The van der Waals surface area contributed by atoms with Crippen LogP contribution in [0.1, 0.15) is 29.2 Å². The minimum Gasteiger partial charge on any atom is -0.508 e. The summed E-state index contributed by atoms with van der Waals surface area (Å²) in [6.07, 6.45) is 0.571. The van der Waals surface area contributed by atoms with E-state index in [1.165, 1.54) is 23.1 Å². The SMILES string of the molecule is Cc1ccc(O)c(N2C(=O)C(O)=C(C(=O)CCc3ccccc3)C2c2ccc(O)cc2)c1. The van der Waals surface area contributed by atoms with Gasteiger partial charge in [-0.3, -0.25) is 14.5 Å². The van der Waals surface area contributed by atoms with Crippen LogP contribution < -0.4 is 4.90 Å². The van der Waals surface area contributed by atoms with Crippen molar-refractivity contribution in [2.75, 3.05) is 4.90 Å². The average Bonchev–Trinajstić information content (AvgIpc) is 3.05. The van der Waals surface area contributed by atoms with Gasteiger partial charge in [-0.05, 0) is 54.3 Å². The lowest BCUT2D eigenvalue weighted by atomic mass is 9.93. The Morgan fingerprint density at radius 3 is 2.31 bits per heavy atom. The number of Topliss-reactive ketones (excluding diaryl/α,β-unsaturated/α-hetero) is 1. The molecule has 0 saturated heterocycles. The number of anilines is 1. The minimum atomic E-state index is -0.931. The summed E-state index contributed by atoms with van der Waals surface area (Å²) in [7, 11) is 0. The van der Waals surface area contributed by atoms with Gasteiger partial charge in [-0.2, -0.15) is 0 Å². The van der Waals surface area contributed by atoms with Gasteiger partial charge >= 0.3 is 0 Å². The van der Waals surface area contributed by atoms with E-state index < -0.39 is 17.7 Å². The first kappa shape index (κ1) is 21.2. The molecule has 4 rings (SSSR count). The minimum absolute atomic E-state index is 0.0162. The lowest BCUT2D eigenvalue weighted by Gasteiger charge is -2.27. The molecule has 1 aliphatic heterocycles. The molecule has 1 amide bonds. The molecular formula is C26H23NO5. The topological polar surface area (TPSA) is 98.1 Å². The number of aliphatic hydroxyl groups excluding tert-OH is 1. The molecular weight excluding hydrogens is 406 g/mol. The molecule has 1 heterocycles. The van der Waals surface area contributed by atoms with Crippen molar-refractivity contribution < 1.29 is 24.9 Å². The van der Waals surface area contributed by atoms with Crippen molar-refractivity contribution in [3.8, 4) is 11.5 Å². The standard InChI is InChI=1S/C26H23NO5/c1-16-7-13-21(29)20(15-16)27-24(18-9-11-19(28)12-10-18)23(25(31)26(27)32)22(30)14-8-17-5-3-2-4-6-17/h2-7,9-13,15,24,28-29,31H,8,14H2,1H3. The predicted octanol–water partition coefficient (Wildman–Crippen LogP) is 4.51. The second-order valence-corrected chi connectivity index (χ2v) is 7.83. The molecule has 0 aromatic heterocycles. The maximum absolute atomic E-state index is 13.2. The molecule has 1 unspecified atom stereocenters. The molecule has 3 aromatic carbocycles. The quantitative estimate of drug-likeness (QED) is 0.536. The molecule has 0 saturated carbocycles. The van der Waals surface area contributed by atoms with Crippen molar-refractivity contribution >= 4 is 17.4 Å². The van der Waals surface area contributed by atoms with E-state index in [0.29, 0.717) is 12.0 Å². The predicted molar refractivity (Wildman–Crippen MR) is 121 cm³/mol. The van der Waals surface area contributed by atoms with Gasteiger partial charge in [0.1, 0.15) is 11.5 Å². The Bertz CT molecular complexity index is 1200. The van der Waals surface area contributed by atoms with Gasteiger partial charge in [0.25, 0.3) is 5.91 Å². The van der Waals surface area contributed by atoms with Crippen molar-refractivity contribution in [3.05, 3.63) is 101 Å². The van der Waals surface area contributed by atoms with Crippen LogP contribution in [0.15, 0.2) is 84.1 Å². The Labute approximate surface area is 185 Å². The molecule has 0 aliphatic carbocycles. The maximum atomic E-state index is 13.2. The number of phenols is 2. The zero-order chi connectivity index (χ0) is 22.8. The number of carbonyl (C=O) groups excluding carboxylic acids is 2. The van der Waals surface area contributed by atoms with Crippen molar-refractivity contribution in [1.82, 2.24) is 0 Å². The van der Waals surface area contributed by atoms with Crippen LogP contribution in [0, 0.1) is 6.92 Å². The first-order valence-electron chi connectivity index (χ1n) is 10.3. The summed E-state index contributed by atoms with van der Waals surface area (Å²) in [6.45, 7) is 1.82. The summed E-state index contributed by atoms with van der Waals surface area (Å²) >= 11 is 0. The van der Waals surface area contributed by atoms with Crippen LogP contribution in [0.4, 0.5) is 5.69 Å². The first-order chi connectivity index (χ1) is 15.4. The van der Waals surface area contributed by atoms with Gasteiger partial charge in [0.05, 0.1) is 17.3 Å². The number of amides is 1. The van der Waals surface area contributed by atoms with Gasteiger partial charge in [-0.15, -0.1) is 0 Å². The number of hydrogen-bond acceptors (Lipinski definition) is 5. The van der Waals surface area contributed by atoms with E-state index in [0.717, 1.165) is 11.1 Å². The van der Waals surface area contributed by atoms with Gasteiger partial charge in [0, 0.05) is 6.42 Å². The summed E-state index contributed by atoms with van der Waals surface area (Å²) in [5, 5.41) is 30.9. The Morgan fingerprint density at radius 2 is 1.62 bits per heavy atom. The second-order valence-electron chi connectivity index (χ2n) is 7.83. The summed E-state index contributed by atoms with van der Waals surface area (Å²) in [5.41, 5.74) is 2.49. The van der Waals surface area contributed by atoms with Crippen molar-refractivity contribution in [2.24, 2.45) is 0 Å². The largest absolute Gasteiger partial charge is 0.508 e. The van der Waals surface area contributed by atoms with Gasteiger partial charge in [0.15, 0.2) is 11.5 Å². The van der Waals surface area contributed by atoms with Crippen molar-refractivity contribution in [3.63, 3.8) is 0 Å². The maximum Gasteiger partial charge on any atom is 0.294 e. The summed E-state index contributed by atoms with van der Waals surface area (Å²) < 4.78 is 0. The zero-order valence-electron chi connectivity index (χ0n) is 17.5. The summed E-state index contributed by atoms with van der Waals surface area (Å²) in [6, 6.07) is 19.5. The Balaban J connectivity index is 1.76. The number of aromatic hydroxyl groups is 2. The number of carbonyl (C=O) groups is 2. The van der Waals surface area contributed by atoms with Crippen LogP contribution in [0.5, 0.6) is 11.5 Å². The van der Waals surface area contributed by atoms with Crippen molar-refractivity contribution in [2.45, 2.75) is 25.8 Å². The number of aryl methyl sites for hydroxylation is 2. The Hall–Kier alpha value is -4.06. The Morgan fingerprint density at radius 1 is 0.938 bits per heavy atom. The monoisotopic (exact) mass is 429 g/mol. The molecule has 162 valence electrons. The molecule has 3 N–H and O–H groups in total. The number of rotatable bonds is 6. The van der Waals surface area contributed by atoms with Crippen LogP contribution in [0.25, 0.3) is 0 Å². The molecule has 0 spiro atoms. The second kappa shape index (κ2) is 8.59. The number of aliphatic hydroxyl groups is 1. The van der Waals surface area contributed by atoms with Crippen LogP contribution >= 0.6 is 0 Å². The third-order valence-corrected chi connectivity index (χ3v) is 5.59. The smallest absolute Gasteiger partial charge is 0.294 e. The van der Waals surface area contributed by atoms with E-state index >= 15 is 0 Å². The number of hydrogen-bond donors (Lipinski definition) is 3. The van der Waals surface area contributed by atoms with E-state index in [1.54, 1.807) is 24.3 Å². The third-order valence-electron chi connectivity index (χ3n) is 5.59. The number of phenolic OH excluding ortho intramolecular Hbond substituents is 2. The average molecular weight is 429 g/mol. The van der Waals surface area contributed by atoms with Gasteiger partial charge in [-0.25, -0.2) is 0 Å². The van der Waals surface area contributed by atoms with Crippen LogP contribution in [0.3, 0.4) is 0 Å². The van der Waals surface area contributed by atoms with Crippen LogP contribution in [0.2, 0.25) is 0 Å². The highest BCUT2D eigenvalue weighted by molar-refractivity contribution is 6.17. The molecule has 1 atom stereocenters.